The minimum Gasteiger partial charge on any atom is -0.324 e. The highest BCUT2D eigenvalue weighted by molar-refractivity contribution is 9.10. The highest BCUT2D eigenvalue weighted by atomic mass is 79.9. The third kappa shape index (κ3) is 4.30. The van der Waals surface area contributed by atoms with Crippen LogP contribution >= 0.6 is 15.9 Å². The maximum atomic E-state index is 12.2. The Morgan fingerprint density at radius 3 is 2.95 bits per heavy atom. The zero-order valence-electron chi connectivity index (χ0n) is 11.9. The summed E-state index contributed by atoms with van der Waals surface area (Å²) in [6.45, 7) is 5.62. The molecule has 5 heteroatoms. The molecule has 1 aromatic rings. The number of hydrogen-bond acceptors (Lipinski definition) is 3. The lowest BCUT2D eigenvalue weighted by molar-refractivity contribution is -0.117. The van der Waals surface area contributed by atoms with Crippen LogP contribution in [0, 0.1) is 0 Å². The molecule has 1 aliphatic heterocycles. The van der Waals surface area contributed by atoms with Gasteiger partial charge in [0.15, 0.2) is 0 Å². The fourth-order valence-electron chi connectivity index (χ4n) is 2.57. The van der Waals surface area contributed by atoms with Gasteiger partial charge in [-0.25, -0.2) is 0 Å². The van der Waals surface area contributed by atoms with E-state index in [2.05, 4.69) is 38.4 Å². The third-order valence-corrected chi connectivity index (χ3v) is 4.25. The SMILES string of the molecule is CCCN(CC(=O)Nc1ccccc1Br)C1CCNC1. The van der Waals surface area contributed by atoms with E-state index in [9.17, 15) is 4.79 Å². The van der Waals surface area contributed by atoms with Crippen LogP contribution in [0.1, 0.15) is 19.8 Å². The molecule has 2 rings (SSSR count). The van der Waals surface area contributed by atoms with Crippen molar-refractivity contribution >= 4 is 27.5 Å². The zero-order valence-corrected chi connectivity index (χ0v) is 13.4. The Hall–Kier alpha value is -0.910. The first-order valence-corrected chi connectivity index (χ1v) is 7.99. The molecule has 110 valence electrons. The summed E-state index contributed by atoms with van der Waals surface area (Å²) in [7, 11) is 0. The maximum Gasteiger partial charge on any atom is 0.238 e. The molecule has 1 unspecified atom stereocenters. The van der Waals surface area contributed by atoms with Crippen LogP contribution in [-0.4, -0.2) is 43.0 Å². The summed E-state index contributed by atoms with van der Waals surface area (Å²) < 4.78 is 0.915. The molecule has 0 aliphatic carbocycles. The predicted octanol–water partition coefficient (Wildman–Crippen LogP) is 2.46. The Balaban J connectivity index is 1.92. The smallest absolute Gasteiger partial charge is 0.238 e. The molecule has 2 N–H and O–H groups in total. The number of benzene rings is 1. The number of para-hydroxylation sites is 1. The second-order valence-electron chi connectivity index (χ2n) is 5.15. The number of hydrogen-bond donors (Lipinski definition) is 2. The summed E-state index contributed by atoms with van der Waals surface area (Å²) in [5.41, 5.74) is 0.832. The van der Waals surface area contributed by atoms with Gasteiger partial charge in [0, 0.05) is 17.1 Å². The van der Waals surface area contributed by atoms with E-state index in [4.69, 9.17) is 0 Å². The van der Waals surface area contributed by atoms with E-state index in [1.807, 2.05) is 24.3 Å². The number of nitrogens with one attached hydrogen (secondary N) is 2. The van der Waals surface area contributed by atoms with Crippen LogP contribution in [0.5, 0.6) is 0 Å². The van der Waals surface area contributed by atoms with E-state index in [0.717, 1.165) is 42.6 Å². The Morgan fingerprint density at radius 2 is 2.30 bits per heavy atom. The van der Waals surface area contributed by atoms with Crippen molar-refractivity contribution in [1.82, 2.24) is 10.2 Å². The molecule has 0 radical (unpaired) electrons. The van der Waals surface area contributed by atoms with Gasteiger partial charge in [0.05, 0.1) is 12.2 Å². The molecule has 1 aromatic carbocycles. The van der Waals surface area contributed by atoms with Crippen LogP contribution in [-0.2, 0) is 4.79 Å². The average Bonchev–Trinajstić information content (AvgIpc) is 2.95. The zero-order chi connectivity index (χ0) is 14.4. The molecular weight excluding hydrogens is 318 g/mol. The lowest BCUT2D eigenvalue weighted by Crippen LogP contribution is -2.42. The van der Waals surface area contributed by atoms with Gasteiger partial charge in [-0.1, -0.05) is 19.1 Å². The second-order valence-corrected chi connectivity index (χ2v) is 6.00. The first-order chi connectivity index (χ1) is 9.70. The second kappa shape index (κ2) is 7.76. The topological polar surface area (TPSA) is 44.4 Å². The van der Waals surface area contributed by atoms with Gasteiger partial charge in [0.1, 0.15) is 0 Å². The van der Waals surface area contributed by atoms with Crippen molar-refractivity contribution in [2.75, 3.05) is 31.5 Å². The van der Waals surface area contributed by atoms with Crippen LogP contribution in [0.15, 0.2) is 28.7 Å². The third-order valence-electron chi connectivity index (χ3n) is 3.56. The summed E-state index contributed by atoms with van der Waals surface area (Å²) in [5.74, 6) is 0.0530. The van der Waals surface area contributed by atoms with Crippen molar-refractivity contribution in [3.8, 4) is 0 Å². The van der Waals surface area contributed by atoms with Gasteiger partial charge < -0.3 is 10.6 Å². The summed E-state index contributed by atoms with van der Waals surface area (Å²) in [6, 6.07) is 8.18. The molecule has 0 saturated carbocycles. The van der Waals surface area contributed by atoms with Gasteiger partial charge in [-0.2, -0.15) is 0 Å². The number of carbonyl (C=O) groups excluding carboxylic acids is 1. The van der Waals surface area contributed by atoms with Crippen molar-refractivity contribution in [2.45, 2.75) is 25.8 Å². The van der Waals surface area contributed by atoms with Crippen LogP contribution in [0.3, 0.4) is 0 Å². The van der Waals surface area contributed by atoms with E-state index in [1.54, 1.807) is 0 Å². The van der Waals surface area contributed by atoms with Crippen LogP contribution in [0.4, 0.5) is 5.69 Å². The standard InChI is InChI=1S/C15H22BrN3O/c1-2-9-19(12-7-8-17-10-12)11-15(20)18-14-6-4-3-5-13(14)16/h3-6,12,17H,2,7-11H2,1H3,(H,18,20). The van der Waals surface area contributed by atoms with Gasteiger partial charge in [0.2, 0.25) is 5.91 Å². The van der Waals surface area contributed by atoms with Gasteiger partial charge in [-0.3, -0.25) is 9.69 Å². The quantitative estimate of drug-likeness (QED) is 0.836. The molecule has 20 heavy (non-hydrogen) atoms. The molecule has 1 atom stereocenters. The predicted molar refractivity (Wildman–Crippen MR) is 85.9 cm³/mol. The Labute approximate surface area is 129 Å². The molecule has 1 saturated heterocycles. The van der Waals surface area contributed by atoms with E-state index in [-0.39, 0.29) is 5.91 Å². The lowest BCUT2D eigenvalue weighted by atomic mass is 10.2. The highest BCUT2D eigenvalue weighted by Crippen LogP contribution is 2.21. The van der Waals surface area contributed by atoms with Gasteiger partial charge in [-0.05, 0) is 54.0 Å². The fraction of sp³-hybridized carbons (Fsp3) is 0.533. The summed E-state index contributed by atoms with van der Waals surface area (Å²) in [4.78, 5) is 14.5. The number of amides is 1. The summed E-state index contributed by atoms with van der Waals surface area (Å²) in [6.07, 6.45) is 2.20. The number of rotatable bonds is 6. The van der Waals surface area contributed by atoms with Crippen molar-refractivity contribution in [3.05, 3.63) is 28.7 Å². The number of carbonyl (C=O) groups is 1. The first-order valence-electron chi connectivity index (χ1n) is 7.20. The van der Waals surface area contributed by atoms with E-state index >= 15 is 0 Å². The van der Waals surface area contributed by atoms with Crippen molar-refractivity contribution in [2.24, 2.45) is 0 Å². The lowest BCUT2D eigenvalue weighted by Gasteiger charge is -2.27. The van der Waals surface area contributed by atoms with E-state index in [0.29, 0.717) is 12.6 Å². The fourth-order valence-corrected chi connectivity index (χ4v) is 2.95. The molecule has 0 aromatic heterocycles. The first kappa shape index (κ1) is 15.5. The number of anilines is 1. The molecule has 0 bridgehead atoms. The minimum atomic E-state index is 0.0530. The molecular formula is C15H22BrN3O. The molecule has 1 fully saturated rings. The van der Waals surface area contributed by atoms with Crippen molar-refractivity contribution in [3.63, 3.8) is 0 Å². The Bertz CT molecular complexity index is 446. The van der Waals surface area contributed by atoms with Gasteiger partial charge in [0.25, 0.3) is 0 Å². The summed E-state index contributed by atoms with van der Waals surface area (Å²) >= 11 is 3.45. The van der Waals surface area contributed by atoms with Crippen molar-refractivity contribution < 1.29 is 4.79 Å². The molecule has 0 spiro atoms. The summed E-state index contributed by atoms with van der Waals surface area (Å²) in [5, 5.41) is 6.34. The van der Waals surface area contributed by atoms with Crippen molar-refractivity contribution in [1.29, 1.82) is 0 Å². The normalized spacial score (nSPS) is 18.4. The highest BCUT2D eigenvalue weighted by Gasteiger charge is 2.23. The molecule has 1 aliphatic rings. The largest absolute Gasteiger partial charge is 0.324 e. The average molecular weight is 340 g/mol. The van der Waals surface area contributed by atoms with Crippen LogP contribution in [0.25, 0.3) is 0 Å². The van der Waals surface area contributed by atoms with E-state index in [1.165, 1.54) is 0 Å². The van der Waals surface area contributed by atoms with Gasteiger partial charge >= 0.3 is 0 Å². The Morgan fingerprint density at radius 1 is 1.50 bits per heavy atom. The molecule has 1 heterocycles. The van der Waals surface area contributed by atoms with Crippen LogP contribution in [0.2, 0.25) is 0 Å². The molecule has 1 amide bonds. The maximum absolute atomic E-state index is 12.2. The number of nitrogens with zero attached hydrogens (tertiary/aromatic N) is 1. The Kier molecular flexibility index (Phi) is 6.01. The van der Waals surface area contributed by atoms with Crippen LogP contribution < -0.4 is 10.6 Å². The molecule has 4 nitrogen and oxygen atoms in total. The minimum absolute atomic E-state index is 0.0530. The van der Waals surface area contributed by atoms with E-state index < -0.39 is 0 Å². The van der Waals surface area contributed by atoms with Gasteiger partial charge in [-0.15, -0.1) is 0 Å². The number of halogens is 1. The monoisotopic (exact) mass is 339 g/mol.